The maximum atomic E-state index is 14.0. The molecule has 1 amide bonds. The number of thiophene rings is 1. The monoisotopic (exact) mass is 586 g/mol. The number of nitrogens with zero attached hydrogens (tertiary/aromatic N) is 3. The second-order valence-corrected chi connectivity index (χ2v) is 10.9. The molecule has 196 valence electrons. The zero-order chi connectivity index (χ0) is 24.7. The molecule has 0 aromatic carbocycles. The van der Waals surface area contributed by atoms with Gasteiger partial charge in [0.15, 0.2) is 18.2 Å². The predicted octanol–water partition coefficient (Wildman–Crippen LogP) is -0.0440. The van der Waals surface area contributed by atoms with Crippen LogP contribution in [0.2, 0.25) is 0 Å². The zero-order valence-corrected chi connectivity index (χ0v) is 22.0. The third-order valence-corrected chi connectivity index (χ3v) is 8.57. The van der Waals surface area contributed by atoms with E-state index in [0.717, 1.165) is 25.9 Å². The molecule has 3 aliphatic heterocycles. The standard InChI is InChI=1S/C24H28F2N4O4S.BrH/c25-23(26)5-1-17(9-23)24(33,18-4-8-35-14-18)22(32)34-20-12-30(6-2-16(20)3-7-30)13-21(31)29-19-10-27-15-28-11-19;/h4,8,10-11,14-17,20,33H,1-3,5-7,9,12-13H2;1H/t16?,17?,20-,24?,30?;/m0./s1. The van der Waals surface area contributed by atoms with Crippen molar-refractivity contribution in [3.8, 4) is 0 Å². The third kappa shape index (κ3) is 5.32. The number of halogens is 3. The molecule has 4 fully saturated rings. The van der Waals surface area contributed by atoms with Gasteiger partial charge >= 0.3 is 5.97 Å². The molecule has 2 unspecified atom stereocenters. The molecular weight excluding hydrogens is 558 g/mol. The van der Waals surface area contributed by atoms with E-state index in [4.69, 9.17) is 4.74 Å². The lowest BCUT2D eigenvalue weighted by molar-refractivity contribution is -0.939. The summed E-state index contributed by atoms with van der Waals surface area (Å²) in [6.07, 6.45) is 4.67. The molecule has 8 nitrogen and oxygen atoms in total. The minimum absolute atomic E-state index is 0. The Morgan fingerprint density at radius 3 is 2.58 bits per heavy atom. The van der Waals surface area contributed by atoms with E-state index < -0.39 is 35.9 Å². The lowest BCUT2D eigenvalue weighted by Crippen LogP contribution is -3.00. The molecule has 2 aromatic heterocycles. The summed E-state index contributed by atoms with van der Waals surface area (Å²) in [7, 11) is 0. The summed E-state index contributed by atoms with van der Waals surface area (Å²) < 4.78 is 34.5. The number of aliphatic hydroxyl groups is 1. The molecule has 1 saturated carbocycles. The molecule has 5 heterocycles. The van der Waals surface area contributed by atoms with E-state index >= 15 is 0 Å². The molecule has 2 aromatic rings. The van der Waals surface area contributed by atoms with Crippen molar-refractivity contribution >= 4 is 28.9 Å². The number of ether oxygens (including phenoxy) is 1. The minimum Gasteiger partial charge on any atom is -1.00 e. The van der Waals surface area contributed by atoms with Crippen LogP contribution < -0.4 is 22.3 Å². The van der Waals surface area contributed by atoms with Gasteiger partial charge in [0.2, 0.25) is 5.92 Å². The van der Waals surface area contributed by atoms with Gasteiger partial charge in [-0.25, -0.2) is 23.5 Å². The van der Waals surface area contributed by atoms with Crippen molar-refractivity contribution in [2.24, 2.45) is 11.8 Å². The maximum Gasteiger partial charge on any atom is 0.343 e. The van der Waals surface area contributed by atoms with Gasteiger partial charge in [-0.1, -0.05) is 0 Å². The second-order valence-electron chi connectivity index (χ2n) is 10.2. The molecule has 2 N–H and O–H groups in total. The Kier molecular flexibility index (Phi) is 7.80. The summed E-state index contributed by atoms with van der Waals surface area (Å²) in [6, 6.07) is 1.60. The smallest absolute Gasteiger partial charge is 0.343 e. The predicted molar refractivity (Wildman–Crippen MR) is 123 cm³/mol. The lowest BCUT2D eigenvalue weighted by Gasteiger charge is -2.51. The summed E-state index contributed by atoms with van der Waals surface area (Å²) in [5, 5.41) is 17.7. The first-order valence-corrected chi connectivity index (χ1v) is 12.9. The number of piperidine rings is 3. The Morgan fingerprint density at radius 1 is 1.25 bits per heavy atom. The van der Waals surface area contributed by atoms with Crippen LogP contribution in [0, 0.1) is 11.8 Å². The second kappa shape index (κ2) is 10.4. The Hall–Kier alpha value is -2.02. The number of esters is 1. The van der Waals surface area contributed by atoms with Crippen LogP contribution in [-0.4, -0.2) is 69.6 Å². The van der Waals surface area contributed by atoms with Crippen LogP contribution in [0.1, 0.15) is 37.7 Å². The molecule has 0 spiro atoms. The summed E-state index contributed by atoms with van der Waals surface area (Å²) in [5.74, 6) is -4.73. The fraction of sp³-hybridized carbons (Fsp3) is 0.583. The van der Waals surface area contributed by atoms with Gasteiger partial charge in [0.1, 0.15) is 12.9 Å². The number of amides is 1. The van der Waals surface area contributed by atoms with Crippen molar-refractivity contribution in [1.82, 2.24) is 9.97 Å². The molecule has 1 aliphatic carbocycles. The van der Waals surface area contributed by atoms with E-state index in [1.54, 1.807) is 16.8 Å². The van der Waals surface area contributed by atoms with Crippen molar-refractivity contribution in [1.29, 1.82) is 0 Å². The van der Waals surface area contributed by atoms with E-state index in [2.05, 4.69) is 15.3 Å². The third-order valence-electron chi connectivity index (χ3n) is 7.89. The number of alkyl halides is 2. The quantitative estimate of drug-likeness (QED) is 0.349. The van der Waals surface area contributed by atoms with E-state index in [-0.39, 0.29) is 48.2 Å². The molecule has 2 bridgehead atoms. The highest BCUT2D eigenvalue weighted by molar-refractivity contribution is 7.08. The summed E-state index contributed by atoms with van der Waals surface area (Å²) in [5.41, 5.74) is -1.29. The number of anilines is 1. The van der Waals surface area contributed by atoms with Crippen LogP contribution >= 0.6 is 11.3 Å². The van der Waals surface area contributed by atoms with Crippen molar-refractivity contribution < 1.29 is 49.7 Å². The first kappa shape index (κ1) is 27.0. The van der Waals surface area contributed by atoms with Gasteiger partial charge < -0.3 is 36.6 Å². The highest BCUT2D eigenvalue weighted by Gasteiger charge is 2.56. The lowest BCUT2D eigenvalue weighted by atomic mass is 9.80. The van der Waals surface area contributed by atoms with Crippen LogP contribution in [0.4, 0.5) is 14.5 Å². The van der Waals surface area contributed by atoms with E-state index in [1.807, 2.05) is 0 Å². The van der Waals surface area contributed by atoms with E-state index in [1.165, 1.54) is 30.1 Å². The summed E-state index contributed by atoms with van der Waals surface area (Å²) in [4.78, 5) is 34.0. The van der Waals surface area contributed by atoms with Gasteiger partial charge in [-0.2, -0.15) is 11.3 Å². The maximum absolute atomic E-state index is 14.0. The van der Waals surface area contributed by atoms with Gasteiger partial charge in [0.25, 0.3) is 5.91 Å². The van der Waals surface area contributed by atoms with Crippen molar-refractivity contribution in [2.75, 3.05) is 31.5 Å². The number of fused-ring (bicyclic) bond motifs is 3. The number of hydrogen-bond acceptors (Lipinski definition) is 7. The highest BCUT2D eigenvalue weighted by Crippen LogP contribution is 2.49. The summed E-state index contributed by atoms with van der Waals surface area (Å²) >= 11 is 1.30. The SMILES string of the molecule is O=C(C[N+]12CCC(CC1)[C@@H](OC(=O)C(O)(c1ccsc1)C1CCC(F)(F)C1)C2)Nc1cncnc1.[Br-]. The van der Waals surface area contributed by atoms with Crippen molar-refractivity contribution in [3.63, 3.8) is 0 Å². The molecule has 3 atom stereocenters. The molecule has 3 saturated heterocycles. The normalized spacial score (nSPS) is 30.1. The van der Waals surface area contributed by atoms with E-state index in [9.17, 15) is 23.5 Å². The van der Waals surface area contributed by atoms with Gasteiger partial charge in [-0.15, -0.1) is 0 Å². The zero-order valence-electron chi connectivity index (χ0n) is 19.6. The number of rotatable bonds is 7. The van der Waals surface area contributed by atoms with Crippen LogP contribution in [0.5, 0.6) is 0 Å². The molecule has 36 heavy (non-hydrogen) atoms. The van der Waals surface area contributed by atoms with Crippen LogP contribution in [0.3, 0.4) is 0 Å². The molecule has 0 radical (unpaired) electrons. The Balaban J connectivity index is 0.00000304. The fourth-order valence-electron chi connectivity index (χ4n) is 5.98. The van der Waals surface area contributed by atoms with Crippen molar-refractivity contribution in [3.05, 3.63) is 41.1 Å². The summed E-state index contributed by atoms with van der Waals surface area (Å²) in [6.45, 7) is 2.26. The van der Waals surface area contributed by atoms with Crippen molar-refractivity contribution in [2.45, 2.75) is 49.7 Å². The Morgan fingerprint density at radius 2 is 1.97 bits per heavy atom. The fourth-order valence-corrected chi connectivity index (χ4v) is 6.69. The first-order chi connectivity index (χ1) is 16.7. The number of nitrogens with one attached hydrogen (secondary N) is 1. The molecule has 12 heteroatoms. The Bertz CT molecular complexity index is 1070. The number of carbonyl (C=O) groups is 2. The molecule has 6 rings (SSSR count). The average molecular weight is 587 g/mol. The Labute approximate surface area is 222 Å². The highest BCUT2D eigenvalue weighted by atomic mass is 79.9. The number of hydrogen-bond donors (Lipinski definition) is 2. The molecular formula is C24H29BrF2N4O4S. The first-order valence-electron chi connectivity index (χ1n) is 11.9. The minimum atomic E-state index is -2.91. The van der Waals surface area contributed by atoms with Gasteiger partial charge in [0.05, 0.1) is 31.2 Å². The molecule has 4 aliphatic rings. The van der Waals surface area contributed by atoms with Gasteiger partial charge in [-0.05, 0) is 23.2 Å². The van der Waals surface area contributed by atoms with Crippen LogP contribution in [0.15, 0.2) is 35.5 Å². The van der Waals surface area contributed by atoms with Gasteiger partial charge in [0, 0.05) is 43.1 Å². The topological polar surface area (TPSA) is 101 Å². The number of carbonyl (C=O) groups excluding carboxylic acids is 2. The van der Waals surface area contributed by atoms with Crippen LogP contribution in [-0.2, 0) is 19.9 Å². The largest absolute Gasteiger partial charge is 1.00 e. The van der Waals surface area contributed by atoms with E-state index in [0.29, 0.717) is 22.3 Å². The number of quaternary nitrogens is 1. The number of aromatic nitrogens is 2. The van der Waals surface area contributed by atoms with Gasteiger partial charge in [-0.3, -0.25) is 4.79 Å². The van der Waals surface area contributed by atoms with Crippen LogP contribution in [0.25, 0.3) is 0 Å². The average Bonchev–Trinajstić information content (AvgIpc) is 3.50.